The van der Waals surface area contributed by atoms with Crippen molar-refractivity contribution in [3.05, 3.63) is 58.5 Å². The first-order valence-electron chi connectivity index (χ1n) is 5.77. The lowest BCUT2D eigenvalue weighted by molar-refractivity contribution is 0.0600. The molecule has 1 aromatic heterocycles. The molecule has 2 aromatic rings. The van der Waals surface area contributed by atoms with Gasteiger partial charge in [0.15, 0.2) is 0 Å². The number of rotatable bonds is 3. The Balaban J connectivity index is 2.51. The Bertz CT molecular complexity index is 838. The van der Waals surface area contributed by atoms with E-state index in [4.69, 9.17) is 5.14 Å². The van der Waals surface area contributed by atoms with E-state index in [-0.39, 0.29) is 16.0 Å². The number of carbonyl (C=O) groups is 1. The molecule has 0 unspecified atom stereocenters. The van der Waals surface area contributed by atoms with Gasteiger partial charge < -0.3 is 4.74 Å². The molecule has 8 heteroatoms. The fourth-order valence-electron chi connectivity index (χ4n) is 1.72. The van der Waals surface area contributed by atoms with Crippen molar-refractivity contribution in [3.8, 4) is 5.69 Å². The molecule has 21 heavy (non-hydrogen) atoms. The Morgan fingerprint density at radius 3 is 2.29 bits per heavy atom. The quantitative estimate of drug-likeness (QED) is 0.819. The lowest BCUT2D eigenvalue weighted by Gasteiger charge is -2.08. The Morgan fingerprint density at radius 2 is 1.76 bits per heavy atom. The summed E-state index contributed by atoms with van der Waals surface area (Å²) in [6.07, 6.45) is 1.32. The summed E-state index contributed by atoms with van der Waals surface area (Å²) in [6, 6.07) is 7.97. The molecule has 0 fully saturated rings. The van der Waals surface area contributed by atoms with Crippen molar-refractivity contribution >= 4 is 16.0 Å². The number of methoxy groups -OCH3 is 1. The highest BCUT2D eigenvalue weighted by Gasteiger charge is 2.10. The first kappa shape index (κ1) is 14.9. The van der Waals surface area contributed by atoms with E-state index in [1.54, 1.807) is 0 Å². The van der Waals surface area contributed by atoms with Crippen LogP contribution in [-0.4, -0.2) is 26.1 Å². The second-order valence-corrected chi connectivity index (χ2v) is 5.72. The van der Waals surface area contributed by atoms with Crippen LogP contribution in [0.4, 0.5) is 0 Å². The van der Waals surface area contributed by atoms with E-state index in [0.717, 1.165) is 0 Å². The van der Waals surface area contributed by atoms with Crippen molar-refractivity contribution in [1.82, 2.24) is 4.57 Å². The van der Waals surface area contributed by atoms with E-state index < -0.39 is 16.0 Å². The molecule has 110 valence electrons. The van der Waals surface area contributed by atoms with Crippen molar-refractivity contribution in [1.29, 1.82) is 0 Å². The number of pyridine rings is 1. The van der Waals surface area contributed by atoms with Crippen LogP contribution in [0.3, 0.4) is 0 Å². The highest BCUT2D eigenvalue weighted by Crippen LogP contribution is 2.12. The molecule has 0 amide bonds. The number of esters is 1. The number of nitrogens with two attached hydrogens (primary N) is 1. The van der Waals surface area contributed by atoms with Crippen LogP contribution in [-0.2, 0) is 14.8 Å². The lowest BCUT2D eigenvalue weighted by atomic mass is 10.2. The van der Waals surface area contributed by atoms with Gasteiger partial charge in [0, 0.05) is 18.0 Å². The zero-order chi connectivity index (χ0) is 15.6. The molecule has 0 aliphatic heterocycles. The first-order valence-corrected chi connectivity index (χ1v) is 7.32. The third-order valence-electron chi connectivity index (χ3n) is 2.78. The smallest absolute Gasteiger partial charge is 0.339 e. The largest absolute Gasteiger partial charge is 0.465 e. The average molecular weight is 308 g/mol. The van der Waals surface area contributed by atoms with Gasteiger partial charge in [0.05, 0.1) is 17.6 Å². The second-order valence-electron chi connectivity index (χ2n) is 4.16. The predicted molar refractivity (Wildman–Crippen MR) is 74.8 cm³/mol. The van der Waals surface area contributed by atoms with Crippen LogP contribution in [0.25, 0.3) is 5.69 Å². The number of sulfonamides is 1. The standard InChI is InChI=1S/C13H12N2O5S/c1-20-13(17)9-2-7-12(16)15(8-9)10-3-5-11(6-4-10)21(14,18)19/h2-8H,1H3,(H2,14,18,19). The molecule has 0 aliphatic carbocycles. The highest BCUT2D eigenvalue weighted by molar-refractivity contribution is 7.89. The van der Waals surface area contributed by atoms with Crippen LogP contribution in [0.1, 0.15) is 10.4 Å². The van der Waals surface area contributed by atoms with E-state index >= 15 is 0 Å². The van der Waals surface area contributed by atoms with Crippen molar-refractivity contribution in [2.45, 2.75) is 4.90 Å². The van der Waals surface area contributed by atoms with Crippen LogP contribution in [0.2, 0.25) is 0 Å². The van der Waals surface area contributed by atoms with Gasteiger partial charge in [0.25, 0.3) is 5.56 Å². The summed E-state index contributed by atoms with van der Waals surface area (Å²) < 4.78 is 28.1. The Morgan fingerprint density at radius 1 is 1.14 bits per heavy atom. The Labute approximate surface area is 120 Å². The highest BCUT2D eigenvalue weighted by atomic mass is 32.2. The third kappa shape index (κ3) is 3.18. The molecule has 1 heterocycles. The number of benzene rings is 1. The molecule has 0 aliphatic rings. The van der Waals surface area contributed by atoms with Crippen LogP contribution < -0.4 is 10.7 Å². The zero-order valence-corrected chi connectivity index (χ0v) is 11.8. The van der Waals surface area contributed by atoms with Gasteiger partial charge in [0.1, 0.15) is 0 Å². The summed E-state index contributed by atoms with van der Waals surface area (Å²) in [7, 11) is -2.56. The number of hydrogen-bond donors (Lipinski definition) is 1. The van der Waals surface area contributed by atoms with E-state index in [9.17, 15) is 18.0 Å². The van der Waals surface area contributed by atoms with E-state index in [1.165, 1.54) is 54.3 Å². The van der Waals surface area contributed by atoms with E-state index in [2.05, 4.69) is 4.74 Å². The molecule has 1 aromatic carbocycles. The molecule has 0 atom stereocenters. The molecular weight excluding hydrogens is 296 g/mol. The predicted octanol–water partition coefficient (Wildman–Crippen LogP) is 0.271. The fraction of sp³-hybridized carbons (Fsp3) is 0.0769. The van der Waals surface area contributed by atoms with Crippen LogP contribution in [0.5, 0.6) is 0 Å². The van der Waals surface area contributed by atoms with Gasteiger partial charge >= 0.3 is 5.97 Å². The van der Waals surface area contributed by atoms with Gasteiger partial charge in [-0.2, -0.15) is 0 Å². The van der Waals surface area contributed by atoms with Gasteiger partial charge in [-0.25, -0.2) is 18.4 Å². The molecule has 0 bridgehead atoms. The molecular formula is C13H12N2O5S. The third-order valence-corrected chi connectivity index (χ3v) is 3.70. The first-order chi connectivity index (χ1) is 9.82. The number of primary sulfonamides is 1. The van der Waals surface area contributed by atoms with Gasteiger partial charge in [-0.3, -0.25) is 9.36 Å². The maximum atomic E-state index is 11.8. The summed E-state index contributed by atoms with van der Waals surface area (Å²) in [6.45, 7) is 0. The minimum atomic E-state index is -3.80. The van der Waals surface area contributed by atoms with Gasteiger partial charge in [-0.05, 0) is 30.3 Å². The minimum Gasteiger partial charge on any atom is -0.465 e. The zero-order valence-electron chi connectivity index (χ0n) is 11.0. The fourth-order valence-corrected chi connectivity index (χ4v) is 2.24. The summed E-state index contributed by atoms with van der Waals surface area (Å²) >= 11 is 0. The monoisotopic (exact) mass is 308 g/mol. The second kappa shape index (κ2) is 5.51. The van der Waals surface area contributed by atoms with E-state index in [0.29, 0.717) is 5.69 Å². The number of nitrogens with zero attached hydrogens (tertiary/aromatic N) is 1. The molecule has 0 radical (unpaired) electrons. The normalized spacial score (nSPS) is 11.1. The number of aromatic nitrogens is 1. The van der Waals surface area contributed by atoms with Gasteiger partial charge in [0.2, 0.25) is 10.0 Å². The topological polar surface area (TPSA) is 108 Å². The Hall–Kier alpha value is -2.45. The van der Waals surface area contributed by atoms with Crippen molar-refractivity contribution < 1.29 is 17.9 Å². The van der Waals surface area contributed by atoms with E-state index in [1.807, 2.05) is 0 Å². The Kier molecular flexibility index (Phi) is 3.92. The number of hydrogen-bond acceptors (Lipinski definition) is 5. The molecule has 0 spiro atoms. The maximum absolute atomic E-state index is 11.8. The average Bonchev–Trinajstić information content (AvgIpc) is 2.46. The van der Waals surface area contributed by atoms with Crippen LogP contribution in [0, 0.1) is 0 Å². The van der Waals surface area contributed by atoms with Crippen molar-refractivity contribution in [2.24, 2.45) is 5.14 Å². The summed E-state index contributed by atoms with van der Waals surface area (Å²) in [4.78, 5) is 23.2. The summed E-state index contributed by atoms with van der Waals surface area (Å²) in [5.74, 6) is -0.579. The molecule has 0 saturated carbocycles. The number of carbonyl (C=O) groups excluding carboxylic acids is 1. The molecule has 0 saturated heterocycles. The van der Waals surface area contributed by atoms with Crippen molar-refractivity contribution in [2.75, 3.05) is 7.11 Å². The molecule has 2 rings (SSSR count). The molecule has 7 nitrogen and oxygen atoms in total. The number of ether oxygens (including phenoxy) is 1. The minimum absolute atomic E-state index is 0.0663. The molecule has 2 N–H and O–H groups in total. The van der Waals surface area contributed by atoms with Gasteiger partial charge in [-0.15, -0.1) is 0 Å². The van der Waals surface area contributed by atoms with Gasteiger partial charge in [-0.1, -0.05) is 0 Å². The SMILES string of the molecule is COC(=O)c1ccc(=O)n(-c2ccc(S(N)(=O)=O)cc2)c1. The van der Waals surface area contributed by atoms with Crippen LogP contribution >= 0.6 is 0 Å². The summed E-state index contributed by atoms with van der Waals surface area (Å²) in [5, 5.41) is 5.00. The lowest BCUT2D eigenvalue weighted by Crippen LogP contribution is -2.19. The summed E-state index contributed by atoms with van der Waals surface area (Å²) in [5.41, 5.74) is 0.233. The van der Waals surface area contributed by atoms with Crippen molar-refractivity contribution in [3.63, 3.8) is 0 Å². The van der Waals surface area contributed by atoms with Crippen LogP contribution in [0.15, 0.2) is 52.3 Å². The maximum Gasteiger partial charge on any atom is 0.339 e.